The zero-order valence-corrected chi connectivity index (χ0v) is 17.5. The first-order valence-corrected chi connectivity index (χ1v) is 10.5. The van der Waals surface area contributed by atoms with Gasteiger partial charge in [-0.15, -0.1) is 5.92 Å². The molecule has 2 rings (SSSR count). The summed E-state index contributed by atoms with van der Waals surface area (Å²) in [6.45, 7) is 3.80. The predicted molar refractivity (Wildman–Crippen MR) is 112 cm³/mol. The first-order valence-electron chi connectivity index (χ1n) is 9.06. The lowest BCUT2D eigenvalue weighted by Crippen LogP contribution is -2.49. The van der Waals surface area contributed by atoms with Crippen LogP contribution >= 0.6 is 0 Å². The molecular formula is C21H24N2O6S. The molecule has 0 aliphatic rings. The summed E-state index contributed by atoms with van der Waals surface area (Å²) < 4.78 is 38.7. The average molecular weight is 432 g/mol. The Morgan fingerprint density at radius 1 is 1.10 bits per heavy atom. The molecule has 0 heterocycles. The molecule has 4 N–H and O–H groups in total. The van der Waals surface area contributed by atoms with Crippen molar-refractivity contribution in [1.82, 2.24) is 4.72 Å². The SMILES string of the molecule is CC#CCOc1ccc(S(=O)(=O)N[C@@](C)(C(=O)O)c2ccc(OCCN)cc2)cc1. The van der Waals surface area contributed by atoms with E-state index in [2.05, 4.69) is 16.6 Å². The molecule has 0 bridgehead atoms. The molecule has 2 aromatic rings. The van der Waals surface area contributed by atoms with Gasteiger partial charge in [0.05, 0.1) is 4.90 Å². The first-order chi connectivity index (χ1) is 14.2. The Balaban J connectivity index is 2.25. The topological polar surface area (TPSA) is 128 Å². The quantitative estimate of drug-likeness (QED) is 0.488. The van der Waals surface area contributed by atoms with E-state index in [-0.39, 0.29) is 17.1 Å². The van der Waals surface area contributed by atoms with Crippen LogP contribution < -0.4 is 19.9 Å². The number of ether oxygens (including phenoxy) is 2. The van der Waals surface area contributed by atoms with Crippen LogP contribution in [0.1, 0.15) is 19.4 Å². The Morgan fingerprint density at radius 3 is 2.20 bits per heavy atom. The second-order valence-corrected chi connectivity index (χ2v) is 8.07. The van der Waals surface area contributed by atoms with Crippen LogP contribution in [-0.2, 0) is 20.4 Å². The number of carboxylic acids is 1. The maximum Gasteiger partial charge on any atom is 0.329 e. The first kappa shape index (κ1) is 23.2. The molecule has 1 atom stereocenters. The number of carboxylic acid groups (broad SMARTS) is 1. The van der Waals surface area contributed by atoms with Gasteiger partial charge in [-0.1, -0.05) is 18.1 Å². The molecule has 0 radical (unpaired) electrons. The van der Waals surface area contributed by atoms with Crippen molar-refractivity contribution in [2.45, 2.75) is 24.3 Å². The van der Waals surface area contributed by atoms with E-state index in [9.17, 15) is 18.3 Å². The number of rotatable bonds is 10. The van der Waals surface area contributed by atoms with Gasteiger partial charge < -0.3 is 20.3 Å². The van der Waals surface area contributed by atoms with E-state index in [1.807, 2.05) is 0 Å². The third-order valence-corrected chi connectivity index (χ3v) is 5.78. The smallest absolute Gasteiger partial charge is 0.329 e. The van der Waals surface area contributed by atoms with Crippen LogP contribution in [-0.4, -0.2) is 39.3 Å². The van der Waals surface area contributed by atoms with Crippen molar-refractivity contribution >= 4 is 16.0 Å². The van der Waals surface area contributed by atoms with Crippen molar-refractivity contribution in [3.8, 4) is 23.3 Å². The third-order valence-electron chi connectivity index (χ3n) is 4.21. The van der Waals surface area contributed by atoms with E-state index in [1.165, 1.54) is 43.3 Å². The minimum atomic E-state index is -4.14. The van der Waals surface area contributed by atoms with Gasteiger partial charge in [0.1, 0.15) is 24.7 Å². The van der Waals surface area contributed by atoms with Crippen LogP contribution in [0.5, 0.6) is 11.5 Å². The molecule has 0 aliphatic heterocycles. The monoisotopic (exact) mass is 432 g/mol. The number of hydrogen-bond donors (Lipinski definition) is 3. The Morgan fingerprint density at radius 2 is 1.67 bits per heavy atom. The number of carbonyl (C=O) groups is 1. The van der Waals surface area contributed by atoms with Gasteiger partial charge in [0.15, 0.2) is 5.54 Å². The molecule has 0 saturated carbocycles. The van der Waals surface area contributed by atoms with Crippen LogP contribution in [0, 0.1) is 11.8 Å². The number of hydrogen-bond acceptors (Lipinski definition) is 6. The number of nitrogens with two attached hydrogens (primary N) is 1. The molecule has 9 heteroatoms. The molecule has 0 unspecified atom stereocenters. The summed E-state index contributed by atoms with van der Waals surface area (Å²) >= 11 is 0. The number of benzene rings is 2. The normalized spacial score (nSPS) is 12.9. The standard InChI is InChI=1S/C21H24N2O6S/c1-3-4-14-28-18-9-11-19(12-10-18)30(26,27)23-21(2,20(24)25)16-5-7-17(8-6-16)29-15-13-22/h5-12,23H,13-15,22H2,1-2H3,(H,24,25)/t21-/m1/s1. The molecule has 0 aromatic heterocycles. The lowest BCUT2D eigenvalue weighted by molar-refractivity contribution is -0.143. The minimum absolute atomic E-state index is 0.0909. The third kappa shape index (κ3) is 5.73. The lowest BCUT2D eigenvalue weighted by Gasteiger charge is -2.26. The molecule has 0 saturated heterocycles. The van der Waals surface area contributed by atoms with Crippen molar-refractivity contribution in [2.24, 2.45) is 5.73 Å². The molecule has 0 amide bonds. The van der Waals surface area contributed by atoms with Gasteiger partial charge >= 0.3 is 5.97 Å². The molecule has 0 fully saturated rings. The Labute approximate surface area is 176 Å². The predicted octanol–water partition coefficient (Wildman–Crippen LogP) is 1.70. The van der Waals surface area contributed by atoms with Gasteiger partial charge in [0, 0.05) is 6.54 Å². The molecule has 2 aromatic carbocycles. The number of nitrogens with one attached hydrogen (secondary N) is 1. The largest absolute Gasteiger partial charge is 0.492 e. The number of aliphatic carboxylic acids is 1. The second kappa shape index (κ2) is 10.1. The van der Waals surface area contributed by atoms with Crippen LogP contribution in [0.15, 0.2) is 53.4 Å². The Kier molecular flexibility index (Phi) is 7.83. The fourth-order valence-corrected chi connectivity index (χ4v) is 3.88. The van der Waals surface area contributed by atoms with Crippen LogP contribution in [0.25, 0.3) is 0 Å². The van der Waals surface area contributed by atoms with Gasteiger partial charge in [-0.2, -0.15) is 4.72 Å². The number of sulfonamides is 1. The van der Waals surface area contributed by atoms with Crippen molar-refractivity contribution in [2.75, 3.05) is 19.8 Å². The molecule has 0 spiro atoms. The molecule has 160 valence electrons. The zero-order chi connectivity index (χ0) is 22.2. The second-order valence-electron chi connectivity index (χ2n) is 6.38. The fraction of sp³-hybridized carbons (Fsp3) is 0.286. The van der Waals surface area contributed by atoms with Crippen LogP contribution in [0.3, 0.4) is 0 Å². The molecular weight excluding hydrogens is 408 g/mol. The van der Waals surface area contributed by atoms with Crippen LogP contribution in [0.4, 0.5) is 0 Å². The molecule has 30 heavy (non-hydrogen) atoms. The summed E-state index contributed by atoms with van der Waals surface area (Å²) in [6.07, 6.45) is 0. The van der Waals surface area contributed by atoms with E-state index in [4.69, 9.17) is 15.2 Å². The van der Waals surface area contributed by atoms with E-state index >= 15 is 0 Å². The van der Waals surface area contributed by atoms with Gasteiger partial charge in [-0.25, -0.2) is 13.2 Å². The summed E-state index contributed by atoms with van der Waals surface area (Å²) in [5, 5.41) is 9.76. The molecule has 8 nitrogen and oxygen atoms in total. The van der Waals surface area contributed by atoms with Gasteiger partial charge in [0.25, 0.3) is 0 Å². The highest BCUT2D eigenvalue weighted by Crippen LogP contribution is 2.27. The minimum Gasteiger partial charge on any atom is -0.492 e. The lowest BCUT2D eigenvalue weighted by atomic mass is 9.93. The van der Waals surface area contributed by atoms with Gasteiger partial charge in [-0.05, 0) is 55.8 Å². The van der Waals surface area contributed by atoms with E-state index < -0.39 is 21.5 Å². The van der Waals surface area contributed by atoms with E-state index in [1.54, 1.807) is 19.1 Å². The zero-order valence-electron chi connectivity index (χ0n) is 16.7. The Hall–Kier alpha value is -3.06. The highest BCUT2D eigenvalue weighted by Gasteiger charge is 2.39. The summed E-state index contributed by atoms with van der Waals surface area (Å²) in [5.74, 6) is 5.03. The van der Waals surface area contributed by atoms with E-state index in [0.29, 0.717) is 24.7 Å². The van der Waals surface area contributed by atoms with Gasteiger partial charge in [-0.3, -0.25) is 0 Å². The fourth-order valence-electron chi connectivity index (χ4n) is 2.52. The van der Waals surface area contributed by atoms with Crippen LogP contribution in [0.2, 0.25) is 0 Å². The molecule has 0 aliphatic carbocycles. The van der Waals surface area contributed by atoms with Crippen molar-refractivity contribution in [1.29, 1.82) is 0 Å². The van der Waals surface area contributed by atoms with Gasteiger partial charge in [0.2, 0.25) is 10.0 Å². The van der Waals surface area contributed by atoms with Crippen molar-refractivity contribution in [3.63, 3.8) is 0 Å². The highest BCUT2D eigenvalue weighted by atomic mass is 32.2. The Bertz CT molecular complexity index is 1020. The van der Waals surface area contributed by atoms with Crippen molar-refractivity contribution in [3.05, 3.63) is 54.1 Å². The average Bonchev–Trinajstić information content (AvgIpc) is 2.72. The summed E-state index contributed by atoms with van der Waals surface area (Å²) in [7, 11) is -4.14. The summed E-state index contributed by atoms with van der Waals surface area (Å²) in [4.78, 5) is 11.9. The van der Waals surface area contributed by atoms with Crippen molar-refractivity contribution < 1.29 is 27.8 Å². The summed E-state index contributed by atoms with van der Waals surface area (Å²) in [5.41, 5.74) is 3.74. The maximum absolute atomic E-state index is 12.8. The highest BCUT2D eigenvalue weighted by molar-refractivity contribution is 7.89. The summed E-state index contributed by atoms with van der Waals surface area (Å²) in [6, 6.07) is 11.7. The maximum atomic E-state index is 12.8. The van der Waals surface area contributed by atoms with E-state index in [0.717, 1.165) is 0 Å².